The van der Waals surface area contributed by atoms with E-state index in [9.17, 15) is 4.79 Å². The third-order valence-electron chi connectivity index (χ3n) is 3.30. The molecule has 0 aliphatic heterocycles. The van der Waals surface area contributed by atoms with Gasteiger partial charge in [0.05, 0.1) is 10.4 Å². The molecule has 0 saturated heterocycles. The van der Waals surface area contributed by atoms with Gasteiger partial charge in [-0.25, -0.2) is 4.79 Å². The van der Waals surface area contributed by atoms with Gasteiger partial charge in [0.2, 0.25) is 0 Å². The van der Waals surface area contributed by atoms with E-state index in [4.69, 9.17) is 16.3 Å². The molecule has 0 bridgehead atoms. The van der Waals surface area contributed by atoms with Gasteiger partial charge >= 0.3 is 6.09 Å². The van der Waals surface area contributed by atoms with Crippen molar-refractivity contribution in [1.29, 1.82) is 0 Å². The molecular formula is C17H23ClN2O2S. The molecule has 0 saturated carbocycles. The van der Waals surface area contributed by atoms with E-state index in [-0.39, 0.29) is 6.09 Å². The largest absolute Gasteiger partial charge is 0.444 e. The number of anilines is 1. The van der Waals surface area contributed by atoms with Gasteiger partial charge in [-0.15, -0.1) is 11.3 Å². The molecule has 0 radical (unpaired) electrons. The zero-order valence-electron chi connectivity index (χ0n) is 14.2. The van der Waals surface area contributed by atoms with E-state index in [1.54, 1.807) is 23.3 Å². The van der Waals surface area contributed by atoms with E-state index in [1.807, 2.05) is 32.9 Å². The maximum atomic E-state index is 11.9. The number of benzene rings is 1. The summed E-state index contributed by atoms with van der Waals surface area (Å²) in [5.41, 5.74) is 1.75. The summed E-state index contributed by atoms with van der Waals surface area (Å²) in [4.78, 5) is 13.5. The zero-order valence-corrected chi connectivity index (χ0v) is 15.8. The maximum absolute atomic E-state index is 11.9. The second-order valence-corrected chi connectivity index (χ2v) is 7.89. The van der Waals surface area contributed by atoms with E-state index >= 15 is 0 Å². The number of hydrogen-bond donors (Lipinski definition) is 1. The Morgan fingerprint density at radius 2 is 2.09 bits per heavy atom. The van der Waals surface area contributed by atoms with Crippen LogP contribution in [0.25, 0.3) is 10.1 Å². The fourth-order valence-electron chi connectivity index (χ4n) is 2.15. The Morgan fingerprint density at radius 3 is 2.74 bits per heavy atom. The normalized spacial score (nSPS) is 11.6. The highest BCUT2D eigenvalue weighted by molar-refractivity contribution is 7.18. The molecule has 1 N–H and O–H groups in total. The van der Waals surface area contributed by atoms with E-state index in [0.29, 0.717) is 18.1 Å². The number of nitrogens with zero attached hydrogens (tertiary/aromatic N) is 1. The molecule has 1 amide bonds. The third-order valence-corrected chi connectivity index (χ3v) is 4.67. The molecule has 2 aromatic rings. The van der Waals surface area contributed by atoms with Crippen LogP contribution in [-0.2, 0) is 4.74 Å². The highest BCUT2D eigenvalue weighted by Gasteiger charge is 2.19. The van der Waals surface area contributed by atoms with Gasteiger partial charge < -0.3 is 15.0 Å². The predicted molar refractivity (Wildman–Crippen MR) is 98.9 cm³/mol. The minimum Gasteiger partial charge on any atom is -0.444 e. The molecule has 1 aromatic heterocycles. The van der Waals surface area contributed by atoms with Gasteiger partial charge in [-0.3, -0.25) is 0 Å². The first kappa shape index (κ1) is 17.9. The van der Waals surface area contributed by atoms with Gasteiger partial charge in [0.25, 0.3) is 0 Å². The van der Waals surface area contributed by atoms with Crippen LogP contribution in [0.3, 0.4) is 0 Å². The maximum Gasteiger partial charge on any atom is 0.410 e. The summed E-state index contributed by atoms with van der Waals surface area (Å²) in [6.45, 7) is 8.83. The molecular weight excluding hydrogens is 332 g/mol. The van der Waals surface area contributed by atoms with Crippen molar-refractivity contribution in [1.82, 2.24) is 4.90 Å². The molecule has 0 aliphatic carbocycles. The number of fused-ring (bicyclic) bond motifs is 1. The number of thiophene rings is 1. The van der Waals surface area contributed by atoms with Crippen LogP contribution in [0.2, 0.25) is 5.02 Å². The SMILES string of the molecule is Cc1csc2c(NCCN(C)C(=O)OC(C)(C)C)cc(Cl)cc12. The Hall–Kier alpha value is -1.46. The number of amides is 1. The van der Waals surface area contributed by atoms with Gasteiger partial charge in [-0.2, -0.15) is 0 Å². The van der Waals surface area contributed by atoms with Gasteiger partial charge in [-0.1, -0.05) is 11.6 Å². The number of nitrogens with one attached hydrogen (secondary N) is 1. The molecule has 126 valence electrons. The van der Waals surface area contributed by atoms with Gasteiger partial charge in [0.15, 0.2) is 0 Å². The quantitative estimate of drug-likeness (QED) is 0.826. The zero-order chi connectivity index (χ0) is 17.2. The van der Waals surface area contributed by atoms with E-state index in [1.165, 1.54) is 15.6 Å². The summed E-state index contributed by atoms with van der Waals surface area (Å²) in [7, 11) is 1.73. The predicted octanol–water partition coefficient (Wildman–Crippen LogP) is 5.14. The Morgan fingerprint density at radius 1 is 1.39 bits per heavy atom. The lowest BCUT2D eigenvalue weighted by Crippen LogP contribution is -2.36. The molecule has 1 heterocycles. The first-order chi connectivity index (χ1) is 10.7. The van der Waals surface area contributed by atoms with Gasteiger partial charge in [0.1, 0.15) is 5.60 Å². The van der Waals surface area contributed by atoms with Gasteiger partial charge in [-0.05, 0) is 56.2 Å². The molecule has 6 heteroatoms. The number of carbonyl (C=O) groups excluding carboxylic acids is 1. The number of carbonyl (C=O) groups is 1. The molecule has 4 nitrogen and oxygen atoms in total. The van der Waals surface area contributed by atoms with Crippen LogP contribution in [0, 0.1) is 6.92 Å². The third kappa shape index (κ3) is 4.75. The molecule has 0 spiro atoms. The molecule has 0 unspecified atom stereocenters. The topological polar surface area (TPSA) is 41.6 Å². The summed E-state index contributed by atoms with van der Waals surface area (Å²) in [6, 6.07) is 3.91. The lowest BCUT2D eigenvalue weighted by molar-refractivity contribution is 0.0305. The number of halogens is 1. The number of hydrogen-bond acceptors (Lipinski definition) is 4. The van der Waals surface area contributed by atoms with E-state index in [0.717, 1.165) is 5.69 Å². The van der Waals surface area contributed by atoms with Crippen molar-refractivity contribution in [3.05, 3.63) is 28.1 Å². The standard InChI is InChI=1S/C17H23ClN2O2S/c1-11-10-23-15-13(11)8-12(18)9-14(15)19-6-7-20(5)16(21)22-17(2,3)4/h8-10,19H,6-7H2,1-5H3. The molecule has 0 atom stereocenters. The van der Waals surface area contributed by atoms with Crippen molar-refractivity contribution < 1.29 is 9.53 Å². The minimum absolute atomic E-state index is 0.317. The Balaban J connectivity index is 1.98. The summed E-state index contributed by atoms with van der Waals surface area (Å²) in [6.07, 6.45) is -0.317. The van der Waals surface area contributed by atoms with Crippen molar-refractivity contribution in [2.24, 2.45) is 0 Å². The van der Waals surface area contributed by atoms with Crippen LogP contribution in [0.15, 0.2) is 17.5 Å². The minimum atomic E-state index is -0.480. The second-order valence-electron chi connectivity index (χ2n) is 6.58. The molecule has 1 aromatic carbocycles. The molecule has 2 rings (SSSR count). The van der Waals surface area contributed by atoms with Crippen LogP contribution in [0.5, 0.6) is 0 Å². The Kier molecular flexibility index (Phi) is 5.42. The number of ether oxygens (including phenoxy) is 1. The fraction of sp³-hybridized carbons (Fsp3) is 0.471. The summed E-state index contributed by atoms with van der Waals surface area (Å²) >= 11 is 7.89. The second kappa shape index (κ2) is 6.97. The summed E-state index contributed by atoms with van der Waals surface area (Å²) < 4.78 is 6.52. The smallest absolute Gasteiger partial charge is 0.410 e. The van der Waals surface area contributed by atoms with E-state index in [2.05, 4.69) is 17.6 Å². The number of aryl methyl sites for hydroxylation is 1. The number of likely N-dealkylation sites (N-methyl/N-ethyl adjacent to an activating group) is 1. The highest BCUT2D eigenvalue weighted by atomic mass is 35.5. The van der Waals surface area contributed by atoms with Crippen LogP contribution in [0.1, 0.15) is 26.3 Å². The fourth-order valence-corrected chi connectivity index (χ4v) is 3.39. The van der Waals surface area contributed by atoms with Crippen LogP contribution >= 0.6 is 22.9 Å². The van der Waals surface area contributed by atoms with Crippen molar-refractivity contribution in [3.8, 4) is 0 Å². The van der Waals surface area contributed by atoms with Crippen molar-refractivity contribution in [2.75, 3.05) is 25.5 Å². The average Bonchev–Trinajstić information content (AvgIpc) is 2.78. The first-order valence-corrected chi connectivity index (χ1v) is 8.78. The van der Waals surface area contributed by atoms with Crippen LogP contribution in [-0.4, -0.2) is 36.7 Å². The number of rotatable bonds is 4. The Labute approximate surface area is 146 Å². The van der Waals surface area contributed by atoms with Crippen LogP contribution in [0.4, 0.5) is 10.5 Å². The summed E-state index contributed by atoms with van der Waals surface area (Å²) in [5, 5.41) is 7.37. The Bertz CT molecular complexity index is 706. The van der Waals surface area contributed by atoms with Crippen LogP contribution < -0.4 is 5.32 Å². The first-order valence-electron chi connectivity index (χ1n) is 7.53. The molecule has 23 heavy (non-hydrogen) atoms. The van der Waals surface area contributed by atoms with Gasteiger partial charge in [0, 0.05) is 25.2 Å². The van der Waals surface area contributed by atoms with E-state index < -0.39 is 5.60 Å². The lowest BCUT2D eigenvalue weighted by Gasteiger charge is -2.24. The molecule has 0 aliphatic rings. The lowest BCUT2D eigenvalue weighted by atomic mass is 10.2. The molecule has 0 fully saturated rings. The van der Waals surface area contributed by atoms with Crippen molar-refractivity contribution in [2.45, 2.75) is 33.3 Å². The van der Waals surface area contributed by atoms with Crippen molar-refractivity contribution in [3.63, 3.8) is 0 Å². The highest BCUT2D eigenvalue weighted by Crippen LogP contribution is 2.34. The summed E-state index contributed by atoms with van der Waals surface area (Å²) in [5.74, 6) is 0. The van der Waals surface area contributed by atoms with Crippen molar-refractivity contribution >= 4 is 44.8 Å². The average molecular weight is 355 g/mol. The monoisotopic (exact) mass is 354 g/mol.